The van der Waals surface area contributed by atoms with Crippen LogP contribution >= 0.6 is 0 Å². The van der Waals surface area contributed by atoms with Crippen LogP contribution in [0, 0.1) is 0 Å². The van der Waals surface area contributed by atoms with Crippen molar-refractivity contribution in [2.45, 2.75) is 12.6 Å². The molecule has 0 saturated carbocycles. The summed E-state index contributed by atoms with van der Waals surface area (Å²) in [4.78, 5) is 0. The van der Waals surface area contributed by atoms with E-state index in [0.717, 1.165) is 0 Å². The van der Waals surface area contributed by atoms with Gasteiger partial charge in [-0.3, -0.25) is 0 Å². The van der Waals surface area contributed by atoms with Crippen LogP contribution in [0.4, 0.5) is 34.1 Å². The summed E-state index contributed by atoms with van der Waals surface area (Å²) in [5.74, 6) is 0. The molecular weight excluding hydrogens is 236 g/mol. The Bertz CT molecular complexity index is 254. The summed E-state index contributed by atoms with van der Waals surface area (Å²) in [7, 11) is -6.40. The number of hydrogen-bond donors (Lipinski definition) is 0. The molecule has 0 N–H and O–H groups in total. The molecule has 0 aromatic rings. The first kappa shape index (κ1) is 12.4. The molecule has 0 saturated heterocycles. The predicted octanol–water partition coefficient (Wildman–Crippen LogP) is 3.32. The fraction of sp³-hybridized carbons (Fsp3) is 1.00. The van der Waals surface area contributed by atoms with Gasteiger partial charge < -0.3 is 0 Å². The lowest BCUT2D eigenvalue weighted by Gasteiger charge is -2.01. The molecule has 11 heteroatoms. The van der Waals surface area contributed by atoms with E-state index in [1.165, 1.54) is 0 Å². The van der Waals surface area contributed by atoms with Gasteiger partial charge in [-0.05, 0) is 0 Å². The maximum absolute atomic E-state index is 11.7. The third-order valence-corrected chi connectivity index (χ3v) is 1.28. The molecule has 0 aliphatic rings. The Morgan fingerprint density at radius 1 is 0.692 bits per heavy atom. The van der Waals surface area contributed by atoms with Crippen molar-refractivity contribution in [2.75, 3.05) is 0 Å². The maximum atomic E-state index is 11.7. The lowest BCUT2D eigenvalue weighted by molar-refractivity contribution is -0.121. The normalized spacial score (nSPS) is 14.2. The molecular formula is C2F8N2S. The van der Waals surface area contributed by atoms with Crippen molar-refractivity contribution >= 4 is 10.4 Å². The molecule has 0 heterocycles. The lowest BCUT2D eigenvalue weighted by atomic mass is 11.3. The van der Waals surface area contributed by atoms with E-state index in [-0.39, 0.29) is 0 Å². The van der Waals surface area contributed by atoms with Crippen LogP contribution < -0.4 is 0 Å². The average Bonchev–Trinajstić information content (AvgIpc) is 1.43. The van der Waals surface area contributed by atoms with E-state index in [4.69, 9.17) is 0 Å². The topological polar surface area (TPSA) is 24.7 Å². The zero-order chi connectivity index (χ0) is 10.9. The monoisotopic (exact) mass is 236 g/mol. The molecule has 0 fully saturated rings. The second-order valence-electron chi connectivity index (χ2n) is 1.53. The van der Waals surface area contributed by atoms with Gasteiger partial charge in [0, 0.05) is 0 Å². The van der Waals surface area contributed by atoms with Crippen molar-refractivity contribution in [3.05, 3.63) is 0 Å². The molecule has 0 aliphatic heterocycles. The van der Waals surface area contributed by atoms with Gasteiger partial charge in [0.2, 0.25) is 0 Å². The van der Waals surface area contributed by atoms with Gasteiger partial charge in [-0.25, -0.2) is 0 Å². The lowest BCUT2D eigenvalue weighted by Crippen LogP contribution is -2.08. The standard InChI is InChI=1S/C2F8N2S/c3-1(4,5)11-13(9,10)12-2(6,7)8. The number of alkyl halides is 6. The first-order valence-corrected chi connectivity index (χ1v) is 3.60. The molecule has 13 heavy (non-hydrogen) atoms. The summed E-state index contributed by atoms with van der Waals surface area (Å²) in [6.45, 7) is 0. The molecule has 0 unspecified atom stereocenters. The zero-order valence-corrected chi connectivity index (χ0v) is 6.14. The molecule has 0 spiro atoms. The van der Waals surface area contributed by atoms with Crippen LogP contribution in [-0.4, -0.2) is 12.6 Å². The Kier molecular flexibility index (Phi) is 3.12. The van der Waals surface area contributed by atoms with E-state index in [2.05, 4.69) is 0 Å². The highest BCUT2D eigenvalue weighted by molar-refractivity contribution is 7.85. The van der Waals surface area contributed by atoms with Crippen LogP contribution in [-0.2, 0) is 10.4 Å². The van der Waals surface area contributed by atoms with Crippen LogP contribution in [0.2, 0.25) is 0 Å². The zero-order valence-electron chi connectivity index (χ0n) is 5.33. The van der Waals surface area contributed by atoms with Gasteiger partial charge in [-0.15, -0.1) is 34.1 Å². The van der Waals surface area contributed by atoms with Crippen molar-refractivity contribution in [1.82, 2.24) is 0 Å². The van der Waals surface area contributed by atoms with Crippen molar-refractivity contribution in [3.63, 3.8) is 0 Å². The summed E-state index contributed by atoms with van der Waals surface area (Å²) < 4.78 is 91.3. The molecule has 0 amide bonds. The van der Waals surface area contributed by atoms with Gasteiger partial charge in [-0.1, -0.05) is 8.73 Å². The summed E-state index contributed by atoms with van der Waals surface area (Å²) in [5.41, 5.74) is 0. The quantitative estimate of drug-likeness (QED) is 0.455. The van der Waals surface area contributed by atoms with Gasteiger partial charge in [0.1, 0.15) is 0 Å². The number of rotatable bonds is 0. The highest BCUT2D eigenvalue weighted by Gasteiger charge is 2.34. The third-order valence-electron chi connectivity index (χ3n) is 0.427. The first-order chi connectivity index (χ1) is 5.41. The summed E-state index contributed by atoms with van der Waals surface area (Å²) in [6, 6.07) is 0. The van der Waals surface area contributed by atoms with Crippen molar-refractivity contribution in [2.24, 2.45) is 8.73 Å². The molecule has 0 aliphatic carbocycles. The van der Waals surface area contributed by atoms with E-state index in [0.29, 0.717) is 8.73 Å². The SMILES string of the molecule is FC(F)(F)N=S(F)(F)=NC(F)(F)F. The van der Waals surface area contributed by atoms with Crippen molar-refractivity contribution < 1.29 is 34.1 Å². The Hall–Kier alpha value is -0.610. The van der Waals surface area contributed by atoms with Gasteiger partial charge >= 0.3 is 12.6 Å². The van der Waals surface area contributed by atoms with E-state index < -0.39 is 23.0 Å². The number of halogens is 8. The minimum Gasteiger partial charge on any atom is -0.148 e. The molecule has 0 aromatic carbocycles. The molecule has 0 radical (unpaired) electrons. The fourth-order valence-corrected chi connectivity index (χ4v) is 0.808. The van der Waals surface area contributed by atoms with Crippen LogP contribution in [0.15, 0.2) is 8.73 Å². The average molecular weight is 236 g/mol. The Balaban J connectivity index is 5.21. The molecule has 0 bridgehead atoms. The van der Waals surface area contributed by atoms with Gasteiger partial charge in [-0.2, -0.15) is 0 Å². The van der Waals surface area contributed by atoms with E-state index in [1.807, 2.05) is 0 Å². The minimum atomic E-state index is -6.40. The third kappa shape index (κ3) is 7.74. The fourth-order valence-electron chi connectivity index (χ4n) is 0.269. The number of hydrogen-bond acceptors (Lipinski definition) is 2. The van der Waals surface area contributed by atoms with E-state index in [1.54, 1.807) is 0 Å². The Labute approximate surface area is 67.0 Å². The van der Waals surface area contributed by atoms with E-state index in [9.17, 15) is 34.1 Å². The molecule has 2 nitrogen and oxygen atoms in total. The van der Waals surface area contributed by atoms with Crippen LogP contribution in [0.3, 0.4) is 0 Å². The van der Waals surface area contributed by atoms with Gasteiger partial charge in [0.15, 0.2) is 0 Å². The Morgan fingerprint density at radius 2 is 0.923 bits per heavy atom. The molecule has 0 atom stereocenters. The smallest absolute Gasteiger partial charge is 0.148 e. The highest BCUT2D eigenvalue weighted by Crippen LogP contribution is 2.26. The van der Waals surface area contributed by atoms with Gasteiger partial charge in [0.25, 0.3) is 10.4 Å². The van der Waals surface area contributed by atoms with Gasteiger partial charge in [0.05, 0.1) is 0 Å². The highest BCUT2D eigenvalue weighted by atomic mass is 32.3. The maximum Gasteiger partial charge on any atom is 0.513 e. The van der Waals surface area contributed by atoms with Crippen LogP contribution in [0.25, 0.3) is 0 Å². The summed E-state index contributed by atoms with van der Waals surface area (Å²) in [6.07, 6.45) is -11.5. The number of nitrogens with zero attached hydrogens (tertiary/aromatic N) is 2. The minimum absolute atomic E-state index is 0.690. The van der Waals surface area contributed by atoms with Crippen molar-refractivity contribution in [1.29, 1.82) is 0 Å². The molecule has 0 rings (SSSR count). The first-order valence-electron chi connectivity index (χ1n) is 2.25. The largest absolute Gasteiger partial charge is 0.513 e. The second kappa shape index (κ2) is 3.27. The van der Waals surface area contributed by atoms with Crippen LogP contribution in [0.5, 0.6) is 0 Å². The molecule has 0 aromatic heterocycles. The summed E-state index contributed by atoms with van der Waals surface area (Å²) in [5, 5.41) is 0. The van der Waals surface area contributed by atoms with Crippen molar-refractivity contribution in [3.8, 4) is 0 Å². The van der Waals surface area contributed by atoms with Crippen LogP contribution in [0.1, 0.15) is 0 Å². The predicted molar refractivity (Wildman–Crippen MR) is 26.5 cm³/mol. The second-order valence-corrected chi connectivity index (χ2v) is 2.73. The summed E-state index contributed by atoms with van der Waals surface area (Å²) >= 11 is 0. The van der Waals surface area contributed by atoms with E-state index >= 15 is 0 Å². The molecule has 80 valence electrons. The Morgan fingerprint density at radius 3 is 1.08 bits per heavy atom.